The third-order valence-electron chi connectivity index (χ3n) is 4.52. The van der Waals surface area contributed by atoms with Gasteiger partial charge in [-0.15, -0.1) is 0 Å². The number of rotatable bonds is 5. The zero-order valence-corrected chi connectivity index (χ0v) is 13.9. The van der Waals surface area contributed by atoms with Gasteiger partial charge in [-0.3, -0.25) is 0 Å². The molecule has 1 atom stereocenters. The number of benzene rings is 2. The molecule has 0 unspecified atom stereocenters. The summed E-state index contributed by atoms with van der Waals surface area (Å²) in [7, 11) is 3.24. The summed E-state index contributed by atoms with van der Waals surface area (Å²) in [5.41, 5.74) is 2.91. The van der Waals surface area contributed by atoms with Gasteiger partial charge in [-0.25, -0.2) is 8.78 Å². The third kappa shape index (κ3) is 3.36. The number of hydrogen-bond acceptors (Lipinski definition) is 3. The van der Waals surface area contributed by atoms with Crippen molar-refractivity contribution in [3.8, 4) is 11.5 Å². The molecule has 1 heterocycles. The predicted octanol–water partition coefficient (Wildman–Crippen LogP) is 3.80. The molecule has 0 fully saturated rings. The van der Waals surface area contributed by atoms with Crippen LogP contribution in [0.5, 0.6) is 11.5 Å². The minimum absolute atomic E-state index is 0.109. The van der Waals surface area contributed by atoms with Crippen molar-refractivity contribution in [3.63, 3.8) is 0 Å². The lowest BCUT2D eigenvalue weighted by Crippen LogP contribution is -2.30. The standard InChI is InChI=1S/C19H21F2NO2/c1-23-18-9-13-7-8-22-17(15(13)11-19(18)24-2)6-4-12-3-5-14(20)10-16(12)21/h3,5,9-11,17,22H,4,6-8H2,1-2H3/t17-/m0/s1. The van der Waals surface area contributed by atoms with E-state index in [0.717, 1.165) is 36.8 Å². The smallest absolute Gasteiger partial charge is 0.161 e. The molecule has 3 nitrogen and oxygen atoms in total. The fraction of sp³-hybridized carbons (Fsp3) is 0.368. The second kappa shape index (κ2) is 7.18. The molecular formula is C19H21F2NO2. The molecule has 3 rings (SSSR count). The maximum Gasteiger partial charge on any atom is 0.161 e. The predicted molar refractivity (Wildman–Crippen MR) is 88.7 cm³/mol. The van der Waals surface area contributed by atoms with Crippen molar-refractivity contribution in [1.82, 2.24) is 5.32 Å². The highest BCUT2D eigenvalue weighted by Gasteiger charge is 2.22. The Labute approximate surface area is 140 Å². The van der Waals surface area contributed by atoms with Gasteiger partial charge in [-0.1, -0.05) is 6.07 Å². The minimum atomic E-state index is -0.547. The first-order chi connectivity index (χ1) is 11.6. The number of nitrogens with one attached hydrogen (secondary N) is 1. The molecule has 128 valence electrons. The summed E-state index contributed by atoms with van der Waals surface area (Å²) in [4.78, 5) is 0. The van der Waals surface area contributed by atoms with E-state index in [1.54, 1.807) is 14.2 Å². The number of hydrogen-bond donors (Lipinski definition) is 1. The van der Waals surface area contributed by atoms with Gasteiger partial charge in [0.25, 0.3) is 0 Å². The second-order valence-electron chi connectivity index (χ2n) is 5.94. The van der Waals surface area contributed by atoms with Gasteiger partial charge < -0.3 is 14.8 Å². The lowest BCUT2D eigenvalue weighted by Gasteiger charge is -2.28. The average molecular weight is 333 g/mol. The summed E-state index contributed by atoms with van der Waals surface area (Å²) in [6, 6.07) is 7.87. The van der Waals surface area contributed by atoms with Crippen LogP contribution in [0.3, 0.4) is 0 Å². The van der Waals surface area contributed by atoms with Gasteiger partial charge in [-0.2, -0.15) is 0 Å². The molecule has 0 saturated heterocycles. The fourth-order valence-electron chi connectivity index (χ4n) is 3.25. The van der Waals surface area contributed by atoms with Crippen molar-refractivity contribution < 1.29 is 18.3 Å². The highest BCUT2D eigenvalue weighted by molar-refractivity contribution is 5.49. The topological polar surface area (TPSA) is 30.5 Å². The van der Waals surface area contributed by atoms with Gasteiger partial charge in [0, 0.05) is 12.1 Å². The number of fused-ring (bicyclic) bond motifs is 1. The van der Waals surface area contributed by atoms with Crippen LogP contribution in [0.4, 0.5) is 8.78 Å². The first-order valence-electron chi connectivity index (χ1n) is 8.04. The van der Waals surface area contributed by atoms with Crippen molar-refractivity contribution >= 4 is 0 Å². The Bertz CT molecular complexity index is 734. The molecule has 5 heteroatoms. The fourth-order valence-corrected chi connectivity index (χ4v) is 3.25. The molecule has 1 N–H and O–H groups in total. The number of methoxy groups -OCH3 is 2. The number of aryl methyl sites for hydroxylation is 1. The molecule has 0 spiro atoms. The summed E-state index contributed by atoms with van der Waals surface area (Å²) in [6.07, 6.45) is 2.18. The maximum absolute atomic E-state index is 13.8. The maximum atomic E-state index is 13.8. The Morgan fingerprint density at radius 2 is 1.83 bits per heavy atom. The number of ether oxygens (including phenoxy) is 2. The molecule has 2 aromatic carbocycles. The average Bonchev–Trinajstić information content (AvgIpc) is 2.59. The molecule has 2 aromatic rings. The summed E-state index contributed by atoms with van der Waals surface area (Å²) >= 11 is 0. The first kappa shape index (κ1) is 16.7. The van der Waals surface area contributed by atoms with Gasteiger partial charge in [0.2, 0.25) is 0 Å². The molecule has 0 bridgehead atoms. The summed E-state index contributed by atoms with van der Waals surface area (Å²) < 4.78 is 37.6. The van der Waals surface area contributed by atoms with Gasteiger partial charge in [0.05, 0.1) is 14.2 Å². The van der Waals surface area contributed by atoms with Crippen LogP contribution in [-0.4, -0.2) is 20.8 Å². The Balaban J connectivity index is 1.81. The molecular weight excluding hydrogens is 312 g/mol. The Morgan fingerprint density at radius 1 is 1.08 bits per heavy atom. The Kier molecular flexibility index (Phi) is 5.00. The van der Waals surface area contributed by atoms with E-state index in [9.17, 15) is 8.78 Å². The zero-order chi connectivity index (χ0) is 17.1. The molecule has 0 aromatic heterocycles. The van der Waals surface area contributed by atoms with Crippen molar-refractivity contribution in [3.05, 3.63) is 58.7 Å². The van der Waals surface area contributed by atoms with Gasteiger partial charge >= 0.3 is 0 Å². The van der Waals surface area contributed by atoms with E-state index >= 15 is 0 Å². The normalized spacial score (nSPS) is 16.6. The van der Waals surface area contributed by atoms with Crippen LogP contribution in [0.15, 0.2) is 30.3 Å². The monoisotopic (exact) mass is 333 g/mol. The summed E-state index contributed by atoms with van der Waals surface area (Å²) in [5, 5.41) is 3.47. The molecule has 0 aliphatic carbocycles. The molecule has 24 heavy (non-hydrogen) atoms. The van der Waals surface area contributed by atoms with Gasteiger partial charge in [0.1, 0.15) is 11.6 Å². The molecule has 0 saturated carbocycles. The van der Waals surface area contributed by atoms with Gasteiger partial charge in [0.15, 0.2) is 11.5 Å². The van der Waals surface area contributed by atoms with Gasteiger partial charge in [-0.05, 0) is 60.7 Å². The van der Waals surface area contributed by atoms with E-state index in [0.29, 0.717) is 17.7 Å². The van der Waals surface area contributed by atoms with E-state index in [-0.39, 0.29) is 6.04 Å². The Hall–Kier alpha value is -2.14. The lowest BCUT2D eigenvalue weighted by atomic mass is 9.90. The summed E-state index contributed by atoms with van der Waals surface area (Å²) in [5.74, 6) is 0.381. The van der Waals surface area contributed by atoms with Crippen LogP contribution in [0.1, 0.15) is 29.2 Å². The second-order valence-corrected chi connectivity index (χ2v) is 5.94. The van der Waals surface area contributed by atoms with Crippen LogP contribution in [0.2, 0.25) is 0 Å². The largest absolute Gasteiger partial charge is 0.493 e. The molecule has 0 radical (unpaired) electrons. The van der Waals surface area contributed by atoms with E-state index < -0.39 is 11.6 Å². The van der Waals surface area contributed by atoms with Crippen LogP contribution < -0.4 is 14.8 Å². The number of halogens is 2. The van der Waals surface area contributed by atoms with Crippen molar-refractivity contribution in [1.29, 1.82) is 0 Å². The summed E-state index contributed by atoms with van der Waals surface area (Å²) in [6.45, 7) is 0.860. The van der Waals surface area contributed by atoms with E-state index in [2.05, 4.69) is 5.32 Å². The van der Waals surface area contributed by atoms with Crippen LogP contribution in [-0.2, 0) is 12.8 Å². The SMILES string of the molecule is COc1cc2c(cc1OC)[C@H](CCc1ccc(F)cc1F)NCC2. The lowest BCUT2D eigenvalue weighted by molar-refractivity contribution is 0.351. The van der Waals surface area contributed by atoms with Crippen LogP contribution in [0, 0.1) is 11.6 Å². The first-order valence-corrected chi connectivity index (χ1v) is 8.04. The Morgan fingerprint density at radius 3 is 2.54 bits per heavy atom. The highest BCUT2D eigenvalue weighted by Crippen LogP contribution is 2.36. The van der Waals surface area contributed by atoms with Crippen molar-refractivity contribution in [2.24, 2.45) is 0 Å². The van der Waals surface area contributed by atoms with Crippen molar-refractivity contribution in [2.45, 2.75) is 25.3 Å². The van der Waals surface area contributed by atoms with E-state index in [1.807, 2.05) is 12.1 Å². The van der Waals surface area contributed by atoms with Crippen molar-refractivity contribution in [2.75, 3.05) is 20.8 Å². The third-order valence-corrected chi connectivity index (χ3v) is 4.52. The van der Waals surface area contributed by atoms with E-state index in [4.69, 9.17) is 9.47 Å². The molecule has 1 aliphatic rings. The minimum Gasteiger partial charge on any atom is -0.493 e. The molecule has 1 aliphatic heterocycles. The van der Waals surface area contributed by atoms with E-state index in [1.165, 1.54) is 17.7 Å². The zero-order valence-electron chi connectivity index (χ0n) is 13.9. The highest BCUT2D eigenvalue weighted by atomic mass is 19.1. The molecule has 0 amide bonds. The van der Waals surface area contributed by atoms with Crippen LogP contribution in [0.25, 0.3) is 0 Å². The quantitative estimate of drug-likeness (QED) is 0.903. The van der Waals surface area contributed by atoms with Crippen LogP contribution >= 0.6 is 0 Å².